The van der Waals surface area contributed by atoms with Crippen LogP contribution in [0.3, 0.4) is 0 Å². The van der Waals surface area contributed by atoms with Gasteiger partial charge in [0.2, 0.25) is 5.88 Å². The minimum atomic E-state index is -0.975. The molecule has 2 N–H and O–H groups in total. The van der Waals surface area contributed by atoms with Gasteiger partial charge in [-0.2, -0.15) is 4.98 Å². The van der Waals surface area contributed by atoms with Crippen molar-refractivity contribution < 1.29 is 14.6 Å². The number of benzene rings is 1. The summed E-state index contributed by atoms with van der Waals surface area (Å²) < 4.78 is 7.60. The normalized spacial score (nSPS) is 14.3. The van der Waals surface area contributed by atoms with Gasteiger partial charge in [0.1, 0.15) is 5.69 Å². The van der Waals surface area contributed by atoms with E-state index in [9.17, 15) is 9.90 Å². The third-order valence-corrected chi connectivity index (χ3v) is 4.43. The van der Waals surface area contributed by atoms with Crippen LogP contribution >= 0.6 is 0 Å². The van der Waals surface area contributed by atoms with Crippen LogP contribution in [0.5, 0.6) is 11.6 Å². The Balaban J connectivity index is 1.72. The van der Waals surface area contributed by atoms with Gasteiger partial charge >= 0.3 is 5.97 Å². The molecule has 0 unspecified atom stereocenters. The van der Waals surface area contributed by atoms with Gasteiger partial charge in [0, 0.05) is 31.2 Å². The predicted molar refractivity (Wildman–Crippen MR) is 97.4 cm³/mol. The average molecular weight is 350 g/mol. The van der Waals surface area contributed by atoms with Gasteiger partial charge in [-0.05, 0) is 30.7 Å². The highest BCUT2D eigenvalue weighted by Crippen LogP contribution is 2.31. The van der Waals surface area contributed by atoms with Gasteiger partial charge in [-0.25, -0.2) is 9.78 Å². The fourth-order valence-electron chi connectivity index (χ4n) is 3.16. The second kappa shape index (κ2) is 6.61. The van der Waals surface area contributed by atoms with E-state index in [1.54, 1.807) is 36.0 Å². The first-order valence-electron chi connectivity index (χ1n) is 8.36. The summed E-state index contributed by atoms with van der Waals surface area (Å²) in [4.78, 5) is 20.2. The molecule has 0 bridgehead atoms. The lowest BCUT2D eigenvalue weighted by atomic mass is 10.1. The summed E-state index contributed by atoms with van der Waals surface area (Å²) in [6.07, 6.45) is 4.63. The number of nitrogens with zero attached hydrogens (tertiary/aromatic N) is 3. The molecular formula is C19H18N4O3. The second-order valence-corrected chi connectivity index (χ2v) is 6.09. The van der Waals surface area contributed by atoms with Crippen LogP contribution in [0.2, 0.25) is 0 Å². The molecular weight excluding hydrogens is 332 g/mol. The minimum absolute atomic E-state index is 0.208. The summed E-state index contributed by atoms with van der Waals surface area (Å²) >= 11 is 0. The van der Waals surface area contributed by atoms with Crippen molar-refractivity contribution in [2.24, 2.45) is 7.05 Å². The smallest absolute Gasteiger partial charge is 0.352 e. The average Bonchev–Trinajstić information content (AvgIpc) is 3.01. The molecule has 0 aliphatic carbocycles. The molecule has 0 atom stereocenters. The maximum absolute atomic E-state index is 11.4. The number of ether oxygens (including phenoxy) is 1. The van der Waals surface area contributed by atoms with E-state index in [0.717, 1.165) is 30.5 Å². The van der Waals surface area contributed by atoms with E-state index >= 15 is 0 Å². The lowest BCUT2D eigenvalue weighted by Gasteiger charge is -2.13. The van der Waals surface area contributed by atoms with Crippen molar-refractivity contribution in [3.63, 3.8) is 0 Å². The number of rotatable bonds is 4. The molecule has 0 fully saturated rings. The first-order chi connectivity index (χ1) is 12.6. The Labute approximate surface area is 150 Å². The topological polar surface area (TPSA) is 89.3 Å². The standard InChI is InChI=1S/C19H18N4O3/c1-23-14(19(24)25)11-13-3-2-4-15(17(13)23)26-16-7-10-21-18(22-16)12-5-8-20-9-6-12/h2-5,7,10-11,20H,6,8-9H2,1H3,(H,24,25). The number of hydrogen-bond donors (Lipinski definition) is 2. The summed E-state index contributed by atoms with van der Waals surface area (Å²) in [6.45, 7) is 1.71. The van der Waals surface area contributed by atoms with Crippen molar-refractivity contribution in [2.75, 3.05) is 13.1 Å². The molecule has 4 rings (SSSR count). The monoisotopic (exact) mass is 350 g/mol. The number of fused-ring (bicyclic) bond motifs is 1. The lowest BCUT2D eigenvalue weighted by molar-refractivity contribution is 0.0687. The van der Waals surface area contributed by atoms with Crippen LogP contribution in [0.1, 0.15) is 22.7 Å². The second-order valence-electron chi connectivity index (χ2n) is 6.09. The van der Waals surface area contributed by atoms with Gasteiger partial charge in [0.05, 0.1) is 5.52 Å². The number of carboxylic acids is 1. The summed E-state index contributed by atoms with van der Waals surface area (Å²) in [5.41, 5.74) is 2.02. The minimum Gasteiger partial charge on any atom is -0.477 e. The number of nitrogens with one attached hydrogen (secondary N) is 1. The summed E-state index contributed by atoms with van der Waals surface area (Å²) in [5, 5.41) is 13.4. The van der Waals surface area contributed by atoms with E-state index in [2.05, 4.69) is 21.4 Å². The number of aromatic carboxylic acids is 1. The van der Waals surface area contributed by atoms with Crippen LogP contribution < -0.4 is 10.1 Å². The molecule has 0 saturated heterocycles. The van der Waals surface area contributed by atoms with Crippen LogP contribution in [-0.2, 0) is 7.05 Å². The molecule has 0 spiro atoms. The van der Waals surface area contributed by atoms with Crippen LogP contribution in [-0.4, -0.2) is 38.7 Å². The molecule has 3 aromatic rings. The molecule has 26 heavy (non-hydrogen) atoms. The molecule has 3 heterocycles. The van der Waals surface area contributed by atoms with Crippen LogP contribution in [0.4, 0.5) is 0 Å². The number of carbonyl (C=O) groups is 1. The van der Waals surface area contributed by atoms with Crippen LogP contribution in [0, 0.1) is 0 Å². The number of para-hydroxylation sites is 1. The Morgan fingerprint density at radius 3 is 3.00 bits per heavy atom. The van der Waals surface area contributed by atoms with E-state index < -0.39 is 5.97 Å². The number of aromatic nitrogens is 3. The van der Waals surface area contributed by atoms with Crippen molar-refractivity contribution in [3.8, 4) is 11.6 Å². The van der Waals surface area contributed by atoms with Crippen molar-refractivity contribution >= 4 is 22.4 Å². The predicted octanol–water partition coefficient (Wildman–Crippen LogP) is 2.84. The van der Waals surface area contributed by atoms with Crippen molar-refractivity contribution in [1.82, 2.24) is 19.9 Å². The Kier molecular flexibility index (Phi) is 4.14. The Morgan fingerprint density at radius 2 is 2.23 bits per heavy atom. The zero-order valence-corrected chi connectivity index (χ0v) is 14.3. The highest BCUT2D eigenvalue weighted by atomic mass is 16.5. The largest absolute Gasteiger partial charge is 0.477 e. The summed E-state index contributed by atoms with van der Waals surface area (Å²) in [5.74, 6) is 0.674. The molecule has 0 saturated carbocycles. The van der Waals surface area contributed by atoms with Gasteiger partial charge in [-0.15, -0.1) is 0 Å². The Hall–Kier alpha value is -3.19. The molecule has 0 amide bonds. The molecule has 1 aliphatic rings. The Morgan fingerprint density at radius 1 is 1.35 bits per heavy atom. The number of carboxylic acid groups (broad SMARTS) is 1. The number of aryl methyl sites for hydroxylation is 1. The first kappa shape index (κ1) is 16.3. The zero-order valence-electron chi connectivity index (χ0n) is 14.3. The fourth-order valence-corrected chi connectivity index (χ4v) is 3.16. The molecule has 132 valence electrons. The Bertz CT molecular complexity index is 1020. The van der Waals surface area contributed by atoms with E-state index in [4.69, 9.17) is 4.74 Å². The molecule has 7 nitrogen and oxygen atoms in total. The van der Waals surface area contributed by atoms with E-state index in [0.29, 0.717) is 23.0 Å². The van der Waals surface area contributed by atoms with Gasteiger partial charge < -0.3 is 19.7 Å². The molecule has 0 radical (unpaired) electrons. The van der Waals surface area contributed by atoms with E-state index in [1.807, 2.05) is 12.1 Å². The van der Waals surface area contributed by atoms with Gasteiger partial charge in [-0.3, -0.25) is 0 Å². The third-order valence-electron chi connectivity index (χ3n) is 4.43. The molecule has 7 heteroatoms. The zero-order chi connectivity index (χ0) is 18.1. The van der Waals surface area contributed by atoms with Crippen molar-refractivity contribution in [1.29, 1.82) is 0 Å². The van der Waals surface area contributed by atoms with E-state index in [1.165, 1.54) is 0 Å². The number of hydrogen-bond acceptors (Lipinski definition) is 5. The highest BCUT2D eigenvalue weighted by molar-refractivity contribution is 5.96. The highest BCUT2D eigenvalue weighted by Gasteiger charge is 2.16. The quantitative estimate of drug-likeness (QED) is 0.752. The molecule has 1 aliphatic heterocycles. The molecule has 2 aromatic heterocycles. The van der Waals surface area contributed by atoms with Gasteiger partial charge in [0.15, 0.2) is 11.6 Å². The van der Waals surface area contributed by atoms with Crippen LogP contribution in [0.15, 0.2) is 42.6 Å². The summed E-state index contributed by atoms with van der Waals surface area (Å²) in [6, 6.07) is 8.83. The summed E-state index contributed by atoms with van der Waals surface area (Å²) in [7, 11) is 1.71. The maximum Gasteiger partial charge on any atom is 0.352 e. The van der Waals surface area contributed by atoms with Crippen molar-refractivity contribution in [2.45, 2.75) is 6.42 Å². The van der Waals surface area contributed by atoms with Gasteiger partial charge in [0.25, 0.3) is 0 Å². The first-order valence-corrected chi connectivity index (χ1v) is 8.36. The van der Waals surface area contributed by atoms with Gasteiger partial charge in [-0.1, -0.05) is 18.2 Å². The van der Waals surface area contributed by atoms with Crippen molar-refractivity contribution in [3.05, 3.63) is 54.1 Å². The maximum atomic E-state index is 11.4. The SMILES string of the molecule is Cn1c(C(=O)O)cc2cccc(Oc3ccnc(C4=CCNCC4)n3)c21. The molecule has 1 aromatic carbocycles. The van der Waals surface area contributed by atoms with Crippen LogP contribution in [0.25, 0.3) is 16.5 Å². The lowest BCUT2D eigenvalue weighted by Crippen LogP contribution is -2.20. The third kappa shape index (κ3) is 2.93. The fraction of sp³-hybridized carbons (Fsp3) is 0.211. The van der Waals surface area contributed by atoms with E-state index in [-0.39, 0.29) is 5.69 Å².